The highest BCUT2D eigenvalue weighted by Crippen LogP contribution is 2.42. The van der Waals surface area contributed by atoms with E-state index in [0.29, 0.717) is 12.1 Å². The number of nitrogens with zero attached hydrogens (tertiary/aromatic N) is 1. The Labute approximate surface area is 96.3 Å². The first-order chi connectivity index (χ1) is 7.64. The molecule has 0 saturated heterocycles. The fraction of sp³-hybridized carbons (Fsp3) is 0.750. The van der Waals surface area contributed by atoms with E-state index in [2.05, 4.69) is 24.3 Å². The Hall–Kier alpha value is -0.870. The van der Waals surface area contributed by atoms with Crippen LogP contribution in [0.1, 0.15) is 32.9 Å². The van der Waals surface area contributed by atoms with Crippen LogP contribution in [0, 0.1) is 5.41 Å². The van der Waals surface area contributed by atoms with E-state index in [-0.39, 0.29) is 5.41 Å². The molecule has 1 N–H and O–H groups in total. The molecule has 1 aromatic heterocycles. The van der Waals surface area contributed by atoms with Gasteiger partial charge in [0.25, 0.3) is 0 Å². The SMILES string of the molecule is CCOC1CC(NCc2ccon2)C1(C)C. The van der Waals surface area contributed by atoms with Gasteiger partial charge in [-0.05, 0) is 13.3 Å². The standard InChI is InChI=1S/C12H20N2O2/c1-4-15-11-7-10(12(11,2)3)13-8-9-5-6-16-14-9/h5-6,10-11,13H,4,7-8H2,1-3H3. The van der Waals surface area contributed by atoms with Gasteiger partial charge in [0.1, 0.15) is 6.26 Å². The van der Waals surface area contributed by atoms with Crippen molar-refractivity contribution in [1.82, 2.24) is 10.5 Å². The van der Waals surface area contributed by atoms with Gasteiger partial charge in [-0.25, -0.2) is 0 Å². The van der Waals surface area contributed by atoms with Crippen LogP contribution >= 0.6 is 0 Å². The van der Waals surface area contributed by atoms with E-state index in [1.807, 2.05) is 13.0 Å². The zero-order valence-electron chi connectivity index (χ0n) is 10.2. The number of rotatable bonds is 5. The molecule has 90 valence electrons. The molecular formula is C12H20N2O2. The molecule has 0 radical (unpaired) electrons. The summed E-state index contributed by atoms with van der Waals surface area (Å²) in [6.07, 6.45) is 3.07. The third kappa shape index (κ3) is 2.13. The van der Waals surface area contributed by atoms with Gasteiger partial charge in [-0.15, -0.1) is 0 Å². The molecule has 1 aliphatic carbocycles. The quantitative estimate of drug-likeness (QED) is 0.830. The number of hydrogen-bond donors (Lipinski definition) is 1. The molecular weight excluding hydrogens is 204 g/mol. The maximum Gasteiger partial charge on any atom is 0.124 e. The average molecular weight is 224 g/mol. The van der Waals surface area contributed by atoms with E-state index in [0.717, 1.165) is 25.3 Å². The van der Waals surface area contributed by atoms with E-state index >= 15 is 0 Å². The molecule has 1 aromatic rings. The van der Waals surface area contributed by atoms with Gasteiger partial charge in [0.15, 0.2) is 0 Å². The summed E-state index contributed by atoms with van der Waals surface area (Å²) in [7, 11) is 0. The van der Waals surface area contributed by atoms with Gasteiger partial charge in [0, 0.05) is 30.7 Å². The molecule has 1 heterocycles. The second-order valence-corrected chi connectivity index (χ2v) is 4.93. The molecule has 0 aliphatic heterocycles. The highest BCUT2D eigenvalue weighted by Gasteiger charge is 2.48. The lowest BCUT2D eigenvalue weighted by Gasteiger charge is -2.51. The molecule has 1 aliphatic rings. The van der Waals surface area contributed by atoms with Gasteiger partial charge in [-0.2, -0.15) is 0 Å². The molecule has 2 atom stereocenters. The van der Waals surface area contributed by atoms with E-state index in [1.165, 1.54) is 0 Å². The van der Waals surface area contributed by atoms with Crippen molar-refractivity contribution >= 4 is 0 Å². The third-order valence-corrected chi connectivity index (χ3v) is 3.57. The monoisotopic (exact) mass is 224 g/mol. The number of hydrogen-bond acceptors (Lipinski definition) is 4. The van der Waals surface area contributed by atoms with Gasteiger partial charge in [-0.3, -0.25) is 0 Å². The van der Waals surface area contributed by atoms with Crippen LogP contribution in [-0.4, -0.2) is 23.9 Å². The highest BCUT2D eigenvalue weighted by atomic mass is 16.5. The summed E-state index contributed by atoms with van der Waals surface area (Å²) in [4.78, 5) is 0. The summed E-state index contributed by atoms with van der Waals surface area (Å²) in [5.74, 6) is 0. The third-order valence-electron chi connectivity index (χ3n) is 3.57. The van der Waals surface area contributed by atoms with Crippen LogP contribution < -0.4 is 5.32 Å². The first-order valence-electron chi connectivity index (χ1n) is 5.89. The summed E-state index contributed by atoms with van der Waals surface area (Å²) in [5, 5.41) is 7.38. The summed E-state index contributed by atoms with van der Waals surface area (Å²) >= 11 is 0. The first-order valence-corrected chi connectivity index (χ1v) is 5.89. The van der Waals surface area contributed by atoms with Crippen LogP contribution in [0.3, 0.4) is 0 Å². The Morgan fingerprint density at radius 3 is 3.00 bits per heavy atom. The lowest BCUT2D eigenvalue weighted by molar-refractivity contribution is -0.114. The van der Waals surface area contributed by atoms with Crippen molar-refractivity contribution in [2.45, 2.75) is 45.9 Å². The molecule has 4 nitrogen and oxygen atoms in total. The summed E-state index contributed by atoms with van der Waals surface area (Å²) < 4.78 is 10.5. The molecule has 2 unspecified atom stereocenters. The molecule has 0 spiro atoms. The molecule has 0 aromatic carbocycles. The highest BCUT2D eigenvalue weighted by molar-refractivity contribution is 5.04. The minimum atomic E-state index is 0.208. The van der Waals surface area contributed by atoms with Gasteiger partial charge in [0.2, 0.25) is 0 Å². The van der Waals surface area contributed by atoms with E-state index in [1.54, 1.807) is 6.26 Å². The molecule has 2 rings (SSSR count). The topological polar surface area (TPSA) is 47.3 Å². The largest absolute Gasteiger partial charge is 0.378 e. The van der Waals surface area contributed by atoms with Gasteiger partial charge < -0.3 is 14.6 Å². The smallest absolute Gasteiger partial charge is 0.124 e. The maximum absolute atomic E-state index is 5.69. The predicted molar refractivity (Wildman–Crippen MR) is 60.9 cm³/mol. The van der Waals surface area contributed by atoms with Crippen molar-refractivity contribution in [3.8, 4) is 0 Å². The normalized spacial score (nSPS) is 27.7. The van der Waals surface area contributed by atoms with Crippen molar-refractivity contribution in [1.29, 1.82) is 0 Å². The zero-order chi connectivity index (χ0) is 11.6. The van der Waals surface area contributed by atoms with Crippen LogP contribution in [0.4, 0.5) is 0 Å². The average Bonchev–Trinajstić information content (AvgIpc) is 2.75. The molecule has 1 fully saturated rings. The van der Waals surface area contributed by atoms with Crippen molar-refractivity contribution in [3.05, 3.63) is 18.0 Å². The van der Waals surface area contributed by atoms with Crippen molar-refractivity contribution in [2.24, 2.45) is 5.41 Å². The van der Waals surface area contributed by atoms with Gasteiger partial charge in [-0.1, -0.05) is 19.0 Å². The Morgan fingerprint density at radius 1 is 1.62 bits per heavy atom. The van der Waals surface area contributed by atoms with Gasteiger partial charge >= 0.3 is 0 Å². The Balaban J connectivity index is 1.80. The van der Waals surface area contributed by atoms with Crippen molar-refractivity contribution in [2.75, 3.05) is 6.61 Å². The summed E-state index contributed by atoms with van der Waals surface area (Å²) in [5.41, 5.74) is 1.16. The van der Waals surface area contributed by atoms with Crippen LogP contribution in [0.25, 0.3) is 0 Å². The van der Waals surface area contributed by atoms with Crippen LogP contribution in [-0.2, 0) is 11.3 Å². The van der Waals surface area contributed by atoms with Crippen LogP contribution in [0.5, 0.6) is 0 Å². The van der Waals surface area contributed by atoms with E-state index in [4.69, 9.17) is 9.26 Å². The van der Waals surface area contributed by atoms with Gasteiger partial charge in [0.05, 0.1) is 11.8 Å². The van der Waals surface area contributed by atoms with Crippen LogP contribution in [0.15, 0.2) is 16.9 Å². The van der Waals surface area contributed by atoms with Crippen molar-refractivity contribution < 1.29 is 9.26 Å². The molecule has 0 bridgehead atoms. The first kappa shape index (κ1) is 11.6. The second-order valence-electron chi connectivity index (χ2n) is 4.93. The molecule has 4 heteroatoms. The minimum absolute atomic E-state index is 0.208. The summed E-state index contributed by atoms with van der Waals surface area (Å²) in [6.45, 7) is 8.11. The van der Waals surface area contributed by atoms with Crippen molar-refractivity contribution in [3.63, 3.8) is 0 Å². The number of aromatic nitrogens is 1. The Kier molecular flexibility index (Phi) is 3.30. The zero-order valence-corrected chi connectivity index (χ0v) is 10.2. The van der Waals surface area contributed by atoms with Crippen LogP contribution in [0.2, 0.25) is 0 Å². The Morgan fingerprint density at radius 2 is 2.44 bits per heavy atom. The predicted octanol–water partition coefficient (Wildman–Crippen LogP) is 1.97. The maximum atomic E-state index is 5.69. The number of nitrogens with one attached hydrogen (secondary N) is 1. The lowest BCUT2D eigenvalue weighted by atomic mass is 9.64. The molecule has 1 saturated carbocycles. The van der Waals surface area contributed by atoms with E-state index < -0.39 is 0 Å². The second kappa shape index (κ2) is 4.55. The lowest BCUT2D eigenvalue weighted by Crippen LogP contribution is -2.60. The summed E-state index contributed by atoms with van der Waals surface area (Å²) in [6, 6.07) is 2.39. The Bertz CT molecular complexity index is 322. The number of ether oxygens (including phenoxy) is 1. The fourth-order valence-electron chi connectivity index (χ4n) is 2.27. The van der Waals surface area contributed by atoms with E-state index in [9.17, 15) is 0 Å². The molecule has 0 amide bonds. The fourth-order valence-corrected chi connectivity index (χ4v) is 2.27. The molecule has 16 heavy (non-hydrogen) atoms. The minimum Gasteiger partial charge on any atom is -0.378 e.